The van der Waals surface area contributed by atoms with Gasteiger partial charge >= 0.3 is 0 Å². The molecule has 2 N–H and O–H groups in total. The second-order valence-corrected chi connectivity index (χ2v) is 4.94. The summed E-state index contributed by atoms with van der Waals surface area (Å²) in [5.74, 6) is -0.417. The number of aryl methyl sites for hydroxylation is 2. The van der Waals surface area contributed by atoms with Crippen LogP contribution in [0, 0.1) is 18.6 Å². The van der Waals surface area contributed by atoms with Crippen LogP contribution in [-0.4, -0.2) is 9.55 Å². The van der Waals surface area contributed by atoms with Gasteiger partial charge in [0.1, 0.15) is 17.5 Å². The van der Waals surface area contributed by atoms with Crippen molar-refractivity contribution in [3.8, 4) is 0 Å². The SMILES string of the molecule is CCCn1ccnc1CC(N)c1c(F)ccc(C)c1F. The number of nitrogens with two attached hydrogens (primary N) is 1. The van der Waals surface area contributed by atoms with E-state index in [-0.39, 0.29) is 5.56 Å². The van der Waals surface area contributed by atoms with Gasteiger partial charge in [0.2, 0.25) is 0 Å². The van der Waals surface area contributed by atoms with Gasteiger partial charge in [-0.3, -0.25) is 0 Å². The van der Waals surface area contributed by atoms with Crippen molar-refractivity contribution in [1.29, 1.82) is 0 Å². The van der Waals surface area contributed by atoms with Gasteiger partial charge < -0.3 is 10.3 Å². The fraction of sp³-hybridized carbons (Fsp3) is 0.400. The van der Waals surface area contributed by atoms with E-state index in [1.165, 1.54) is 12.1 Å². The molecule has 0 aliphatic heterocycles. The number of nitrogens with zero attached hydrogens (tertiary/aromatic N) is 2. The molecule has 1 heterocycles. The maximum Gasteiger partial charge on any atom is 0.133 e. The topological polar surface area (TPSA) is 43.8 Å². The summed E-state index contributed by atoms with van der Waals surface area (Å²) in [6.45, 7) is 4.48. The summed E-state index contributed by atoms with van der Waals surface area (Å²) in [7, 11) is 0. The number of halogens is 2. The molecular weight excluding hydrogens is 260 g/mol. The quantitative estimate of drug-likeness (QED) is 0.914. The van der Waals surface area contributed by atoms with E-state index in [0.29, 0.717) is 12.0 Å². The maximum atomic E-state index is 14.0. The van der Waals surface area contributed by atoms with Gasteiger partial charge in [-0.2, -0.15) is 0 Å². The van der Waals surface area contributed by atoms with Crippen molar-refractivity contribution in [3.05, 3.63) is 53.1 Å². The average molecular weight is 279 g/mol. The first kappa shape index (κ1) is 14.7. The molecule has 1 unspecified atom stereocenters. The van der Waals surface area contributed by atoms with Crippen LogP contribution in [0.15, 0.2) is 24.5 Å². The lowest BCUT2D eigenvalue weighted by Gasteiger charge is -2.16. The van der Waals surface area contributed by atoms with Crippen LogP contribution in [0.25, 0.3) is 0 Å². The van der Waals surface area contributed by atoms with Crippen LogP contribution < -0.4 is 5.73 Å². The van der Waals surface area contributed by atoms with Crippen LogP contribution in [0.2, 0.25) is 0 Å². The number of imidazole rings is 1. The minimum Gasteiger partial charge on any atom is -0.335 e. The van der Waals surface area contributed by atoms with E-state index in [1.807, 2.05) is 10.8 Å². The highest BCUT2D eigenvalue weighted by Crippen LogP contribution is 2.24. The van der Waals surface area contributed by atoms with Gasteiger partial charge in [-0.25, -0.2) is 13.8 Å². The minimum absolute atomic E-state index is 0.0592. The molecule has 5 heteroatoms. The fourth-order valence-corrected chi connectivity index (χ4v) is 2.29. The molecule has 1 atom stereocenters. The molecule has 20 heavy (non-hydrogen) atoms. The van der Waals surface area contributed by atoms with E-state index < -0.39 is 17.7 Å². The van der Waals surface area contributed by atoms with Crippen LogP contribution in [0.3, 0.4) is 0 Å². The Hall–Kier alpha value is -1.75. The van der Waals surface area contributed by atoms with Gasteiger partial charge in [-0.05, 0) is 25.0 Å². The molecule has 0 saturated carbocycles. The Balaban J connectivity index is 2.26. The summed E-state index contributed by atoms with van der Waals surface area (Å²) >= 11 is 0. The van der Waals surface area contributed by atoms with E-state index >= 15 is 0 Å². The van der Waals surface area contributed by atoms with E-state index in [4.69, 9.17) is 5.73 Å². The summed E-state index contributed by atoms with van der Waals surface area (Å²) in [6.07, 6.45) is 4.81. The zero-order chi connectivity index (χ0) is 14.7. The third-order valence-electron chi connectivity index (χ3n) is 3.36. The summed E-state index contributed by atoms with van der Waals surface area (Å²) in [5, 5.41) is 0. The zero-order valence-corrected chi connectivity index (χ0v) is 11.7. The Morgan fingerprint density at radius 1 is 1.35 bits per heavy atom. The average Bonchev–Trinajstić information content (AvgIpc) is 2.82. The first-order valence-electron chi connectivity index (χ1n) is 6.74. The second kappa shape index (κ2) is 6.13. The molecule has 0 aliphatic carbocycles. The number of aromatic nitrogens is 2. The van der Waals surface area contributed by atoms with Crippen LogP contribution in [0.5, 0.6) is 0 Å². The molecule has 2 rings (SSSR count). The molecular formula is C15H19F2N3. The molecule has 0 bridgehead atoms. The lowest BCUT2D eigenvalue weighted by molar-refractivity contribution is 0.509. The molecule has 3 nitrogen and oxygen atoms in total. The van der Waals surface area contributed by atoms with Crippen molar-refractivity contribution in [3.63, 3.8) is 0 Å². The van der Waals surface area contributed by atoms with E-state index in [0.717, 1.165) is 18.8 Å². The Morgan fingerprint density at radius 3 is 2.80 bits per heavy atom. The molecule has 0 spiro atoms. The van der Waals surface area contributed by atoms with Gasteiger partial charge in [0, 0.05) is 37.0 Å². The van der Waals surface area contributed by atoms with Crippen LogP contribution in [0.1, 0.15) is 36.3 Å². The lowest BCUT2D eigenvalue weighted by Crippen LogP contribution is -2.19. The predicted octanol–water partition coefficient (Wildman–Crippen LogP) is 3.12. The molecule has 0 radical (unpaired) electrons. The van der Waals surface area contributed by atoms with E-state index in [2.05, 4.69) is 11.9 Å². The normalized spacial score (nSPS) is 12.7. The molecule has 0 saturated heterocycles. The van der Waals surface area contributed by atoms with Crippen molar-refractivity contribution < 1.29 is 8.78 Å². The van der Waals surface area contributed by atoms with Crippen LogP contribution in [0.4, 0.5) is 8.78 Å². The van der Waals surface area contributed by atoms with Crippen LogP contribution in [-0.2, 0) is 13.0 Å². The number of hydrogen-bond donors (Lipinski definition) is 1. The maximum absolute atomic E-state index is 14.0. The molecule has 108 valence electrons. The molecule has 0 amide bonds. The van der Waals surface area contributed by atoms with Gasteiger partial charge in [-0.1, -0.05) is 13.0 Å². The predicted molar refractivity (Wildman–Crippen MR) is 74.2 cm³/mol. The number of benzene rings is 1. The van der Waals surface area contributed by atoms with Gasteiger partial charge in [0.15, 0.2) is 0 Å². The first-order chi connectivity index (χ1) is 9.54. The highest BCUT2D eigenvalue weighted by molar-refractivity contribution is 5.29. The number of hydrogen-bond acceptors (Lipinski definition) is 2. The van der Waals surface area contributed by atoms with Crippen molar-refractivity contribution in [2.75, 3.05) is 0 Å². The van der Waals surface area contributed by atoms with Gasteiger partial charge in [-0.15, -0.1) is 0 Å². The zero-order valence-electron chi connectivity index (χ0n) is 11.7. The molecule has 0 fully saturated rings. The lowest BCUT2D eigenvalue weighted by atomic mass is 10.0. The van der Waals surface area contributed by atoms with Crippen molar-refractivity contribution >= 4 is 0 Å². The highest BCUT2D eigenvalue weighted by Gasteiger charge is 2.20. The first-order valence-corrected chi connectivity index (χ1v) is 6.74. The van der Waals surface area contributed by atoms with Gasteiger partial charge in [0.25, 0.3) is 0 Å². The Bertz CT molecular complexity index is 593. The summed E-state index contributed by atoms with van der Waals surface area (Å²) < 4.78 is 29.8. The smallest absolute Gasteiger partial charge is 0.133 e. The Morgan fingerprint density at radius 2 is 2.10 bits per heavy atom. The van der Waals surface area contributed by atoms with Crippen LogP contribution >= 0.6 is 0 Å². The summed E-state index contributed by atoms with van der Waals surface area (Å²) in [5.41, 5.74) is 6.33. The Labute approximate surface area is 117 Å². The highest BCUT2D eigenvalue weighted by atomic mass is 19.1. The molecule has 0 aliphatic rings. The molecule has 1 aromatic carbocycles. The van der Waals surface area contributed by atoms with Crippen molar-refractivity contribution in [2.45, 2.75) is 39.3 Å². The molecule has 1 aromatic heterocycles. The summed E-state index contributed by atoms with van der Waals surface area (Å²) in [4.78, 5) is 4.22. The Kier molecular flexibility index (Phi) is 4.49. The van der Waals surface area contributed by atoms with Gasteiger partial charge in [0.05, 0.1) is 0 Å². The minimum atomic E-state index is -0.743. The summed E-state index contributed by atoms with van der Waals surface area (Å²) in [6, 6.07) is 1.93. The van der Waals surface area contributed by atoms with Crippen molar-refractivity contribution in [2.24, 2.45) is 5.73 Å². The third-order valence-corrected chi connectivity index (χ3v) is 3.36. The third kappa shape index (κ3) is 2.88. The van der Waals surface area contributed by atoms with E-state index in [1.54, 1.807) is 13.1 Å². The molecule has 2 aromatic rings. The van der Waals surface area contributed by atoms with E-state index in [9.17, 15) is 8.78 Å². The standard InChI is InChI=1S/C15H19F2N3/c1-3-7-20-8-6-19-13(20)9-12(18)14-11(16)5-4-10(2)15(14)17/h4-6,8,12H,3,7,9,18H2,1-2H3. The second-order valence-electron chi connectivity index (χ2n) is 4.94. The fourth-order valence-electron chi connectivity index (χ4n) is 2.29. The van der Waals surface area contributed by atoms with Crippen molar-refractivity contribution in [1.82, 2.24) is 9.55 Å². The largest absolute Gasteiger partial charge is 0.335 e. The number of rotatable bonds is 5. The monoisotopic (exact) mass is 279 g/mol.